The van der Waals surface area contributed by atoms with Crippen LogP contribution in [0.15, 0.2) is 34.5 Å². The maximum atomic E-state index is 12.2. The van der Waals surface area contributed by atoms with Gasteiger partial charge in [0.15, 0.2) is 0 Å². The number of para-hydroxylation sites is 1. The number of amides is 1. The molecule has 2 aromatic rings. The Morgan fingerprint density at radius 1 is 1.37 bits per heavy atom. The summed E-state index contributed by atoms with van der Waals surface area (Å²) in [5.74, 6) is 0.306. The van der Waals surface area contributed by atoms with Crippen molar-refractivity contribution in [3.05, 3.63) is 45.6 Å². The molecule has 1 heterocycles. The Morgan fingerprint density at radius 2 is 2.11 bits per heavy atom. The molecule has 2 rings (SSSR count). The topological polar surface area (TPSA) is 29.1 Å². The van der Waals surface area contributed by atoms with E-state index < -0.39 is 0 Å². The summed E-state index contributed by atoms with van der Waals surface area (Å²) in [5, 5.41) is 4.89. The lowest BCUT2D eigenvalue weighted by molar-refractivity contribution is 0.103. The number of hydrogen-bond donors (Lipinski definition) is 2. The van der Waals surface area contributed by atoms with Crippen molar-refractivity contribution >= 4 is 35.6 Å². The first-order valence-corrected chi connectivity index (χ1v) is 7.50. The molecule has 1 N–H and O–H groups in total. The van der Waals surface area contributed by atoms with Crippen LogP contribution in [0.1, 0.15) is 40.6 Å². The smallest absolute Gasteiger partial charge is 0.265 e. The zero-order valence-electron chi connectivity index (χ0n) is 11.2. The van der Waals surface area contributed by atoms with E-state index in [-0.39, 0.29) is 5.91 Å². The molecule has 0 aliphatic rings. The van der Waals surface area contributed by atoms with Gasteiger partial charge in [-0.3, -0.25) is 4.79 Å². The summed E-state index contributed by atoms with van der Waals surface area (Å²) >= 11 is 5.64. The Bertz CT molecular complexity index is 602. The largest absolute Gasteiger partial charge is 0.321 e. The summed E-state index contributed by atoms with van der Waals surface area (Å²) in [6, 6.07) is 7.89. The molecule has 1 aromatic carbocycles. The van der Waals surface area contributed by atoms with Gasteiger partial charge in [-0.05, 0) is 30.0 Å². The quantitative estimate of drug-likeness (QED) is 0.787. The SMILES string of the molecule is Cc1cccc(C(C)C)c1NC(=O)c1cc(S)cs1. The van der Waals surface area contributed by atoms with Crippen molar-refractivity contribution in [2.24, 2.45) is 0 Å². The Kier molecular flexibility index (Phi) is 4.32. The number of anilines is 1. The van der Waals surface area contributed by atoms with Gasteiger partial charge in [-0.25, -0.2) is 0 Å². The predicted molar refractivity (Wildman–Crippen MR) is 84.8 cm³/mol. The number of carbonyl (C=O) groups is 1. The maximum Gasteiger partial charge on any atom is 0.265 e. The Morgan fingerprint density at radius 3 is 2.68 bits per heavy atom. The highest BCUT2D eigenvalue weighted by Crippen LogP contribution is 2.28. The zero-order chi connectivity index (χ0) is 14.0. The first kappa shape index (κ1) is 14.2. The van der Waals surface area contributed by atoms with Gasteiger partial charge >= 0.3 is 0 Å². The number of nitrogens with one attached hydrogen (secondary N) is 1. The van der Waals surface area contributed by atoms with Gasteiger partial charge in [-0.2, -0.15) is 0 Å². The molecule has 0 fully saturated rings. The van der Waals surface area contributed by atoms with E-state index in [4.69, 9.17) is 0 Å². The van der Waals surface area contributed by atoms with E-state index in [1.165, 1.54) is 11.3 Å². The monoisotopic (exact) mass is 291 g/mol. The second kappa shape index (κ2) is 5.80. The Hall–Kier alpha value is -1.26. The third kappa shape index (κ3) is 3.19. The van der Waals surface area contributed by atoms with Gasteiger partial charge in [0.1, 0.15) is 0 Å². The van der Waals surface area contributed by atoms with Crippen LogP contribution in [0, 0.1) is 6.92 Å². The van der Waals surface area contributed by atoms with Crippen LogP contribution < -0.4 is 5.32 Å². The first-order valence-electron chi connectivity index (χ1n) is 6.17. The molecular formula is C15H17NOS2. The molecule has 0 spiro atoms. The van der Waals surface area contributed by atoms with Crippen LogP contribution in [0.4, 0.5) is 5.69 Å². The third-order valence-electron chi connectivity index (χ3n) is 2.97. The van der Waals surface area contributed by atoms with Crippen molar-refractivity contribution in [2.75, 3.05) is 5.32 Å². The van der Waals surface area contributed by atoms with E-state index in [0.717, 1.165) is 21.7 Å². The van der Waals surface area contributed by atoms with Crippen molar-refractivity contribution in [2.45, 2.75) is 31.6 Å². The van der Waals surface area contributed by atoms with Gasteiger partial charge in [0.25, 0.3) is 5.91 Å². The van der Waals surface area contributed by atoms with Crippen molar-refractivity contribution in [3.8, 4) is 0 Å². The fourth-order valence-electron chi connectivity index (χ4n) is 1.96. The van der Waals surface area contributed by atoms with E-state index >= 15 is 0 Å². The highest BCUT2D eigenvalue weighted by Gasteiger charge is 2.14. The summed E-state index contributed by atoms with van der Waals surface area (Å²) < 4.78 is 0. The fraction of sp³-hybridized carbons (Fsp3) is 0.267. The summed E-state index contributed by atoms with van der Waals surface area (Å²) in [7, 11) is 0. The van der Waals surface area contributed by atoms with Gasteiger partial charge in [-0.1, -0.05) is 32.0 Å². The highest BCUT2D eigenvalue weighted by atomic mass is 32.1. The Balaban J connectivity index is 2.31. The molecule has 0 saturated heterocycles. The molecule has 0 radical (unpaired) electrons. The summed E-state index contributed by atoms with van der Waals surface area (Å²) in [4.78, 5) is 13.7. The molecule has 1 amide bonds. The standard InChI is InChI=1S/C15H17NOS2/c1-9(2)12-6-4-5-10(3)14(12)16-15(17)13-7-11(18)8-19-13/h4-9,18H,1-3H3,(H,16,17). The summed E-state index contributed by atoms with van der Waals surface area (Å²) in [6.45, 7) is 6.27. The van der Waals surface area contributed by atoms with Gasteiger partial charge in [0.05, 0.1) is 4.88 Å². The molecule has 100 valence electrons. The predicted octanol–water partition coefficient (Wildman–Crippen LogP) is 4.72. The van der Waals surface area contributed by atoms with E-state index in [1.54, 1.807) is 6.07 Å². The van der Waals surface area contributed by atoms with E-state index in [2.05, 4.69) is 37.9 Å². The maximum absolute atomic E-state index is 12.2. The summed E-state index contributed by atoms with van der Waals surface area (Å²) in [5.41, 5.74) is 3.18. The lowest BCUT2D eigenvalue weighted by Crippen LogP contribution is -2.13. The highest BCUT2D eigenvalue weighted by molar-refractivity contribution is 7.80. The van der Waals surface area contributed by atoms with Crippen molar-refractivity contribution in [1.29, 1.82) is 0 Å². The van der Waals surface area contributed by atoms with E-state index in [9.17, 15) is 4.79 Å². The van der Waals surface area contributed by atoms with Gasteiger partial charge < -0.3 is 5.32 Å². The van der Waals surface area contributed by atoms with Crippen LogP contribution in [0.25, 0.3) is 0 Å². The van der Waals surface area contributed by atoms with E-state index in [1.807, 2.05) is 24.4 Å². The number of benzene rings is 1. The molecule has 0 aliphatic carbocycles. The second-order valence-electron chi connectivity index (χ2n) is 4.82. The second-order valence-corrected chi connectivity index (χ2v) is 6.24. The minimum atomic E-state index is -0.0681. The summed E-state index contributed by atoms with van der Waals surface area (Å²) in [6.07, 6.45) is 0. The van der Waals surface area contributed by atoms with Crippen molar-refractivity contribution in [1.82, 2.24) is 0 Å². The van der Waals surface area contributed by atoms with Gasteiger partial charge in [0, 0.05) is 16.0 Å². The fourth-order valence-corrected chi connectivity index (χ4v) is 3.01. The Labute approximate surface area is 123 Å². The molecule has 0 atom stereocenters. The van der Waals surface area contributed by atoms with E-state index in [0.29, 0.717) is 10.8 Å². The lowest BCUT2D eigenvalue weighted by Gasteiger charge is -2.16. The number of carbonyl (C=O) groups excluding carboxylic acids is 1. The van der Waals surface area contributed by atoms with Crippen LogP contribution in [-0.2, 0) is 0 Å². The molecular weight excluding hydrogens is 274 g/mol. The first-order chi connectivity index (χ1) is 8.99. The molecule has 2 nitrogen and oxygen atoms in total. The minimum absolute atomic E-state index is 0.0681. The molecule has 19 heavy (non-hydrogen) atoms. The third-order valence-corrected chi connectivity index (χ3v) is 4.34. The van der Waals surface area contributed by atoms with Crippen LogP contribution in [0.5, 0.6) is 0 Å². The van der Waals surface area contributed by atoms with Crippen LogP contribution in [0.3, 0.4) is 0 Å². The minimum Gasteiger partial charge on any atom is -0.321 e. The molecule has 0 bridgehead atoms. The van der Waals surface area contributed by atoms with Gasteiger partial charge in [-0.15, -0.1) is 24.0 Å². The van der Waals surface area contributed by atoms with Crippen molar-refractivity contribution < 1.29 is 4.79 Å². The number of hydrogen-bond acceptors (Lipinski definition) is 3. The molecule has 0 saturated carbocycles. The van der Waals surface area contributed by atoms with Crippen LogP contribution in [-0.4, -0.2) is 5.91 Å². The zero-order valence-corrected chi connectivity index (χ0v) is 12.9. The molecule has 4 heteroatoms. The van der Waals surface area contributed by atoms with Gasteiger partial charge in [0.2, 0.25) is 0 Å². The molecule has 1 aromatic heterocycles. The number of thiophene rings is 1. The normalized spacial score (nSPS) is 10.8. The molecule has 0 aliphatic heterocycles. The van der Waals surface area contributed by atoms with Crippen LogP contribution in [0.2, 0.25) is 0 Å². The number of rotatable bonds is 3. The average molecular weight is 291 g/mol. The lowest BCUT2D eigenvalue weighted by atomic mass is 9.98. The van der Waals surface area contributed by atoms with Crippen molar-refractivity contribution in [3.63, 3.8) is 0 Å². The average Bonchev–Trinajstić information content (AvgIpc) is 2.78. The number of aryl methyl sites for hydroxylation is 1. The van der Waals surface area contributed by atoms with Crippen LogP contribution >= 0.6 is 24.0 Å². The number of thiol groups is 1. The molecule has 0 unspecified atom stereocenters.